The summed E-state index contributed by atoms with van der Waals surface area (Å²) in [4.78, 5) is 14.4. The summed E-state index contributed by atoms with van der Waals surface area (Å²) >= 11 is 0. The van der Waals surface area contributed by atoms with E-state index in [2.05, 4.69) is 35.4 Å². The van der Waals surface area contributed by atoms with E-state index in [9.17, 15) is 4.79 Å². The minimum atomic E-state index is -0.111. The molecule has 4 nitrogen and oxygen atoms in total. The van der Waals surface area contributed by atoms with Crippen molar-refractivity contribution in [3.63, 3.8) is 0 Å². The average molecular weight is 289 g/mol. The molecule has 1 heterocycles. The normalized spacial score (nSPS) is 16.0. The Morgan fingerprint density at radius 3 is 2.62 bits per heavy atom. The first kappa shape index (κ1) is 15.8. The molecule has 0 saturated carbocycles. The molecule has 1 aliphatic rings. The zero-order valence-corrected chi connectivity index (χ0v) is 13.2. The number of hydrogen-bond acceptors (Lipinski definition) is 2. The van der Waals surface area contributed by atoms with Crippen molar-refractivity contribution in [3.8, 4) is 0 Å². The molecule has 0 unspecified atom stereocenters. The van der Waals surface area contributed by atoms with Gasteiger partial charge in [0.2, 0.25) is 0 Å². The van der Waals surface area contributed by atoms with Crippen LogP contribution in [0.15, 0.2) is 24.3 Å². The summed E-state index contributed by atoms with van der Waals surface area (Å²) in [6, 6.07) is 7.87. The summed E-state index contributed by atoms with van der Waals surface area (Å²) < 4.78 is 0. The van der Waals surface area contributed by atoms with Crippen molar-refractivity contribution in [2.45, 2.75) is 39.0 Å². The predicted molar refractivity (Wildman–Crippen MR) is 87.8 cm³/mol. The lowest BCUT2D eigenvalue weighted by atomic mass is 10.0. The molecule has 2 rings (SSSR count). The summed E-state index contributed by atoms with van der Waals surface area (Å²) in [7, 11) is 0. The average Bonchev–Trinajstić information content (AvgIpc) is 2.48. The minimum absolute atomic E-state index is 0.111. The summed E-state index contributed by atoms with van der Waals surface area (Å²) in [6.45, 7) is 8.25. The van der Waals surface area contributed by atoms with E-state index in [1.165, 1.54) is 37.9 Å². The second-order valence-electron chi connectivity index (χ2n) is 6.03. The lowest BCUT2D eigenvalue weighted by molar-refractivity contribution is 0.224. The first-order valence-electron chi connectivity index (χ1n) is 8.03. The Bertz CT molecular complexity index is 453. The molecule has 1 aromatic carbocycles. The number of nitrogens with zero attached hydrogens (tertiary/aromatic N) is 1. The molecule has 2 amide bonds. The van der Waals surface area contributed by atoms with E-state index in [4.69, 9.17) is 0 Å². The van der Waals surface area contributed by atoms with E-state index in [-0.39, 0.29) is 6.03 Å². The number of rotatable bonds is 5. The van der Waals surface area contributed by atoms with Crippen molar-refractivity contribution in [3.05, 3.63) is 29.8 Å². The molecule has 2 N–H and O–H groups in total. The third-order valence-corrected chi connectivity index (χ3v) is 3.99. The van der Waals surface area contributed by atoms with E-state index in [0.29, 0.717) is 12.5 Å². The number of carbonyl (C=O) groups is 1. The number of nitrogens with one attached hydrogen (secondary N) is 2. The number of carbonyl (C=O) groups excluding carboxylic acids is 1. The number of anilines is 1. The summed E-state index contributed by atoms with van der Waals surface area (Å²) in [5.74, 6) is 0.398. The second kappa shape index (κ2) is 8.03. The van der Waals surface area contributed by atoms with Gasteiger partial charge in [0.25, 0.3) is 0 Å². The second-order valence-corrected chi connectivity index (χ2v) is 6.03. The summed E-state index contributed by atoms with van der Waals surface area (Å²) in [6.07, 6.45) is 3.92. The Kier molecular flexibility index (Phi) is 6.05. The lowest BCUT2D eigenvalue weighted by Crippen LogP contribution is -2.39. The van der Waals surface area contributed by atoms with Gasteiger partial charge in [0.1, 0.15) is 0 Å². The Morgan fingerprint density at radius 1 is 1.19 bits per heavy atom. The Morgan fingerprint density at radius 2 is 1.90 bits per heavy atom. The molecule has 0 bridgehead atoms. The Hall–Kier alpha value is -1.55. The number of urea groups is 1. The van der Waals surface area contributed by atoms with Gasteiger partial charge in [-0.15, -0.1) is 0 Å². The van der Waals surface area contributed by atoms with E-state index < -0.39 is 0 Å². The Labute approximate surface area is 127 Å². The van der Waals surface area contributed by atoms with E-state index in [1.807, 2.05) is 18.2 Å². The van der Waals surface area contributed by atoms with Crippen LogP contribution in [0.2, 0.25) is 0 Å². The monoisotopic (exact) mass is 289 g/mol. The molecule has 1 aliphatic heterocycles. The number of likely N-dealkylation sites (tertiary alicyclic amines) is 1. The summed E-state index contributed by atoms with van der Waals surface area (Å²) in [5.41, 5.74) is 2.08. The first-order chi connectivity index (χ1) is 10.2. The maximum atomic E-state index is 12.0. The van der Waals surface area contributed by atoms with Gasteiger partial charge in [-0.1, -0.05) is 38.5 Å². The molecule has 0 radical (unpaired) electrons. The van der Waals surface area contributed by atoms with Crippen LogP contribution in [-0.2, 0) is 0 Å². The maximum absolute atomic E-state index is 12.0. The van der Waals surface area contributed by atoms with E-state index >= 15 is 0 Å². The van der Waals surface area contributed by atoms with Crippen LogP contribution in [0.4, 0.5) is 10.5 Å². The molecule has 21 heavy (non-hydrogen) atoms. The van der Waals surface area contributed by atoms with Gasteiger partial charge in [0.15, 0.2) is 0 Å². The van der Waals surface area contributed by atoms with Crippen LogP contribution >= 0.6 is 0 Å². The van der Waals surface area contributed by atoms with Crippen LogP contribution in [0, 0.1) is 0 Å². The van der Waals surface area contributed by atoms with Gasteiger partial charge in [0.05, 0.1) is 0 Å². The summed E-state index contributed by atoms with van der Waals surface area (Å²) in [5, 5.41) is 5.91. The lowest BCUT2D eigenvalue weighted by Gasteiger charge is -2.26. The zero-order valence-electron chi connectivity index (χ0n) is 13.2. The molecule has 0 spiro atoms. The van der Waals surface area contributed by atoms with Gasteiger partial charge in [-0.3, -0.25) is 0 Å². The number of benzene rings is 1. The highest BCUT2D eigenvalue weighted by atomic mass is 16.2. The van der Waals surface area contributed by atoms with E-state index in [0.717, 1.165) is 12.2 Å². The molecule has 116 valence electrons. The van der Waals surface area contributed by atoms with Gasteiger partial charge in [-0.25, -0.2) is 4.79 Å². The van der Waals surface area contributed by atoms with Crippen LogP contribution in [-0.4, -0.2) is 37.1 Å². The standard InChI is InChI=1S/C17H27N3O/c1-14(2)15-8-4-5-9-16(15)19-17(21)18-10-13-20-11-6-3-7-12-20/h4-5,8-9,14H,3,6-7,10-13H2,1-2H3,(H2,18,19,21). The van der Waals surface area contributed by atoms with Gasteiger partial charge < -0.3 is 15.5 Å². The molecule has 0 atom stereocenters. The molecule has 1 aromatic rings. The highest BCUT2D eigenvalue weighted by Gasteiger charge is 2.11. The smallest absolute Gasteiger partial charge is 0.319 e. The highest BCUT2D eigenvalue weighted by molar-refractivity contribution is 5.90. The third-order valence-electron chi connectivity index (χ3n) is 3.99. The zero-order chi connectivity index (χ0) is 15.1. The number of hydrogen-bond donors (Lipinski definition) is 2. The van der Waals surface area contributed by atoms with E-state index in [1.54, 1.807) is 0 Å². The van der Waals surface area contributed by atoms with Crippen LogP contribution in [0.25, 0.3) is 0 Å². The molecular weight excluding hydrogens is 262 g/mol. The van der Waals surface area contributed by atoms with Gasteiger partial charge in [0, 0.05) is 18.8 Å². The van der Waals surface area contributed by atoms with Crippen molar-refractivity contribution in [2.24, 2.45) is 0 Å². The predicted octanol–water partition coefficient (Wildman–Crippen LogP) is 3.42. The molecule has 0 aliphatic carbocycles. The van der Waals surface area contributed by atoms with Crippen LogP contribution in [0.5, 0.6) is 0 Å². The van der Waals surface area contributed by atoms with Crippen molar-refractivity contribution in [1.82, 2.24) is 10.2 Å². The molecular formula is C17H27N3O. The van der Waals surface area contributed by atoms with Crippen molar-refractivity contribution < 1.29 is 4.79 Å². The molecule has 1 saturated heterocycles. The number of para-hydroxylation sites is 1. The van der Waals surface area contributed by atoms with Crippen LogP contribution < -0.4 is 10.6 Å². The van der Waals surface area contributed by atoms with Crippen molar-refractivity contribution in [2.75, 3.05) is 31.5 Å². The Balaban J connectivity index is 1.76. The first-order valence-corrected chi connectivity index (χ1v) is 8.03. The molecule has 1 fully saturated rings. The van der Waals surface area contributed by atoms with Gasteiger partial charge >= 0.3 is 6.03 Å². The van der Waals surface area contributed by atoms with Gasteiger partial charge in [-0.2, -0.15) is 0 Å². The SMILES string of the molecule is CC(C)c1ccccc1NC(=O)NCCN1CCCCC1. The third kappa shape index (κ3) is 5.05. The van der Waals surface area contributed by atoms with Crippen molar-refractivity contribution >= 4 is 11.7 Å². The highest BCUT2D eigenvalue weighted by Crippen LogP contribution is 2.23. The topological polar surface area (TPSA) is 44.4 Å². The van der Waals surface area contributed by atoms with Crippen molar-refractivity contribution in [1.29, 1.82) is 0 Å². The minimum Gasteiger partial charge on any atom is -0.337 e. The quantitative estimate of drug-likeness (QED) is 0.872. The molecule has 4 heteroatoms. The fourth-order valence-electron chi connectivity index (χ4n) is 2.79. The fraction of sp³-hybridized carbons (Fsp3) is 0.588. The van der Waals surface area contributed by atoms with Gasteiger partial charge in [-0.05, 0) is 43.5 Å². The largest absolute Gasteiger partial charge is 0.337 e. The number of piperidine rings is 1. The fourth-order valence-corrected chi connectivity index (χ4v) is 2.79. The number of amides is 2. The van der Waals surface area contributed by atoms with Crippen LogP contribution in [0.1, 0.15) is 44.6 Å². The molecule has 0 aromatic heterocycles. The van der Waals surface area contributed by atoms with Crippen LogP contribution in [0.3, 0.4) is 0 Å². The maximum Gasteiger partial charge on any atom is 0.319 e.